The molecule has 3 rings (SSSR count). The molecular weight excluding hydrogens is 580 g/mol. The highest BCUT2D eigenvalue weighted by molar-refractivity contribution is 6.27. The van der Waals surface area contributed by atoms with Crippen LogP contribution in [0.15, 0.2) is 46.9 Å². The van der Waals surface area contributed by atoms with E-state index in [4.69, 9.17) is 29.0 Å². The maximum atomic E-state index is 13.5. The Kier molecular flexibility index (Phi) is 16.3. The molecule has 1 heterocycles. The summed E-state index contributed by atoms with van der Waals surface area (Å²) in [6, 6.07) is 11.6. The second kappa shape index (κ2) is 19.9. The van der Waals surface area contributed by atoms with Crippen LogP contribution in [0.5, 0.6) is 5.75 Å². The number of furan rings is 1. The number of benzene rings is 2. The summed E-state index contributed by atoms with van der Waals surface area (Å²) in [4.78, 5) is 45.2. The number of ketones is 1. The number of carboxylic acid groups (broad SMARTS) is 2. The molecule has 0 aliphatic rings. The summed E-state index contributed by atoms with van der Waals surface area (Å²) in [5.74, 6) is -2.52. The summed E-state index contributed by atoms with van der Waals surface area (Å²) >= 11 is 0. The number of aliphatic carboxylic acids is 2. The number of nitro groups is 1. The van der Waals surface area contributed by atoms with Crippen molar-refractivity contribution in [1.82, 2.24) is 4.90 Å². The molecule has 2 N–H and O–H groups in total. The molecule has 0 unspecified atom stereocenters. The predicted molar refractivity (Wildman–Crippen MR) is 172 cm³/mol. The second-order valence-electron chi connectivity index (χ2n) is 10.9. The van der Waals surface area contributed by atoms with Crippen LogP contribution in [-0.4, -0.2) is 64.0 Å². The van der Waals surface area contributed by atoms with E-state index >= 15 is 0 Å². The summed E-state index contributed by atoms with van der Waals surface area (Å²) in [7, 11) is 0. The fourth-order valence-electron chi connectivity index (χ4n) is 4.76. The van der Waals surface area contributed by atoms with Crippen molar-refractivity contribution in [1.29, 1.82) is 0 Å². The number of hydrogen-bond donors (Lipinski definition) is 2. The number of carbonyl (C=O) groups is 3. The zero-order valence-electron chi connectivity index (χ0n) is 26.6. The van der Waals surface area contributed by atoms with Gasteiger partial charge in [-0.05, 0) is 88.5 Å². The highest BCUT2D eigenvalue weighted by Gasteiger charge is 2.23. The Morgan fingerprint density at radius 2 is 1.42 bits per heavy atom. The first-order valence-corrected chi connectivity index (χ1v) is 15.8. The third-order valence-corrected chi connectivity index (χ3v) is 7.28. The van der Waals surface area contributed by atoms with Gasteiger partial charge in [-0.25, -0.2) is 9.59 Å². The summed E-state index contributed by atoms with van der Waals surface area (Å²) in [5, 5.41) is 26.6. The molecule has 0 atom stereocenters. The molecule has 0 aliphatic heterocycles. The monoisotopic (exact) mass is 626 g/mol. The van der Waals surface area contributed by atoms with Crippen LogP contribution in [0.2, 0.25) is 0 Å². The Morgan fingerprint density at radius 3 is 1.98 bits per heavy atom. The van der Waals surface area contributed by atoms with Gasteiger partial charge in [-0.15, -0.1) is 0 Å². The molecule has 0 aliphatic carbocycles. The lowest BCUT2D eigenvalue weighted by molar-refractivity contribution is -0.384. The molecule has 0 amide bonds. The Labute approximate surface area is 264 Å². The molecule has 0 saturated heterocycles. The number of rotatable bonds is 19. The van der Waals surface area contributed by atoms with E-state index in [0.717, 1.165) is 38.0 Å². The van der Waals surface area contributed by atoms with E-state index in [1.807, 2.05) is 12.1 Å². The predicted octanol–water partition coefficient (Wildman–Crippen LogP) is 7.52. The number of non-ortho nitro benzene ring substituents is 1. The van der Waals surface area contributed by atoms with Crippen LogP contribution in [-0.2, 0) is 16.0 Å². The number of fused-ring (bicyclic) bond motifs is 1. The van der Waals surface area contributed by atoms with Gasteiger partial charge in [0, 0.05) is 29.5 Å². The normalized spacial score (nSPS) is 10.8. The van der Waals surface area contributed by atoms with Crippen molar-refractivity contribution in [2.45, 2.75) is 85.0 Å². The van der Waals surface area contributed by atoms with Crippen LogP contribution >= 0.6 is 0 Å². The number of ether oxygens (including phenoxy) is 1. The number of carboxylic acids is 2. The van der Waals surface area contributed by atoms with Crippen molar-refractivity contribution in [2.75, 3.05) is 26.2 Å². The van der Waals surface area contributed by atoms with Crippen LogP contribution in [0, 0.1) is 10.1 Å². The number of unbranched alkanes of at least 4 members (excludes halogenated alkanes) is 5. The fraction of sp³-hybridized carbons (Fsp3) is 0.500. The first-order chi connectivity index (χ1) is 21.6. The molecule has 1 aromatic heterocycles. The Morgan fingerprint density at radius 1 is 0.822 bits per heavy atom. The molecule has 2 aromatic carbocycles. The molecule has 11 nitrogen and oxygen atoms in total. The van der Waals surface area contributed by atoms with Gasteiger partial charge in [0.05, 0.1) is 17.1 Å². The van der Waals surface area contributed by atoms with E-state index in [-0.39, 0.29) is 11.5 Å². The number of hydrogen-bond acceptors (Lipinski definition) is 8. The minimum atomic E-state index is -1.82. The molecule has 0 radical (unpaired) electrons. The number of aryl methyl sites for hydroxylation is 1. The second-order valence-corrected chi connectivity index (χ2v) is 10.9. The van der Waals surface area contributed by atoms with Crippen LogP contribution < -0.4 is 4.74 Å². The van der Waals surface area contributed by atoms with E-state index in [2.05, 4.69) is 25.7 Å². The molecule has 45 heavy (non-hydrogen) atoms. The SMILES string of the molecule is CCCCc1oc2ccc([N+](=O)[O-])cc2c1C(=O)c1ccc(OCCCCCN(CCCC)CCCC)cc1.O=C(O)C(=O)O. The zero-order chi connectivity index (χ0) is 33.2. The summed E-state index contributed by atoms with van der Waals surface area (Å²) < 4.78 is 11.9. The third kappa shape index (κ3) is 12.3. The highest BCUT2D eigenvalue weighted by Crippen LogP contribution is 2.32. The van der Waals surface area contributed by atoms with Gasteiger partial charge in [0.1, 0.15) is 17.1 Å². The van der Waals surface area contributed by atoms with Gasteiger partial charge in [0.25, 0.3) is 5.69 Å². The molecule has 0 saturated carbocycles. The minimum Gasteiger partial charge on any atom is -0.494 e. The molecule has 0 fully saturated rings. The van der Waals surface area contributed by atoms with Crippen molar-refractivity contribution in [3.63, 3.8) is 0 Å². The van der Waals surface area contributed by atoms with E-state index in [9.17, 15) is 14.9 Å². The first-order valence-electron chi connectivity index (χ1n) is 15.8. The quantitative estimate of drug-likeness (QED) is 0.0447. The smallest absolute Gasteiger partial charge is 0.414 e. The summed E-state index contributed by atoms with van der Waals surface area (Å²) in [6.45, 7) is 10.8. The van der Waals surface area contributed by atoms with Gasteiger partial charge in [0.2, 0.25) is 0 Å². The summed E-state index contributed by atoms with van der Waals surface area (Å²) in [5.41, 5.74) is 1.36. The molecule has 3 aromatic rings. The number of nitro benzene ring substituents is 1. The van der Waals surface area contributed by atoms with Gasteiger partial charge >= 0.3 is 11.9 Å². The van der Waals surface area contributed by atoms with Gasteiger partial charge in [-0.2, -0.15) is 0 Å². The lowest BCUT2D eigenvalue weighted by Gasteiger charge is -2.21. The minimum absolute atomic E-state index is 0.0576. The fourth-order valence-corrected chi connectivity index (χ4v) is 4.76. The van der Waals surface area contributed by atoms with E-state index < -0.39 is 16.9 Å². The maximum Gasteiger partial charge on any atom is 0.414 e. The lowest BCUT2D eigenvalue weighted by atomic mass is 9.98. The molecule has 11 heteroatoms. The van der Waals surface area contributed by atoms with Gasteiger partial charge in [-0.1, -0.05) is 40.0 Å². The third-order valence-electron chi connectivity index (χ3n) is 7.28. The largest absolute Gasteiger partial charge is 0.494 e. The average molecular weight is 627 g/mol. The maximum absolute atomic E-state index is 13.5. The van der Waals surface area contributed by atoms with Crippen LogP contribution in [0.3, 0.4) is 0 Å². The Balaban J connectivity index is 0.00000107. The number of nitrogens with zero attached hydrogens (tertiary/aromatic N) is 2. The summed E-state index contributed by atoms with van der Waals surface area (Å²) in [6.07, 6.45) is 10.7. The van der Waals surface area contributed by atoms with Crippen molar-refractivity contribution in [2.24, 2.45) is 0 Å². The number of carbonyl (C=O) groups excluding carboxylic acids is 1. The van der Waals surface area contributed by atoms with Crippen LogP contribution in [0.25, 0.3) is 11.0 Å². The molecule has 246 valence electrons. The Hall–Kier alpha value is -4.25. The van der Waals surface area contributed by atoms with E-state index in [1.54, 1.807) is 18.2 Å². The molecule has 0 spiro atoms. The van der Waals surface area contributed by atoms with E-state index in [0.29, 0.717) is 40.9 Å². The standard InChI is InChI=1S/C32H44N2O5.C2H2O4/c1-4-7-13-30-31(28-24-26(34(36)37)16-19-29(28)39-30)32(35)25-14-17-27(18-15-25)38-23-12-10-11-22-33(20-8-5-2)21-9-6-3;3-1(4)2(5)6/h14-19,24H,4-13,20-23H2,1-3H3;(H,3,4)(H,5,6). The van der Waals surface area contributed by atoms with Gasteiger partial charge in [0.15, 0.2) is 5.78 Å². The first kappa shape index (κ1) is 36.9. The average Bonchev–Trinajstić information content (AvgIpc) is 3.40. The van der Waals surface area contributed by atoms with Crippen molar-refractivity contribution < 1.29 is 38.7 Å². The van der Waals surface area contributed by atoms with Gasteiger partial charge < -0.3 is 24.3 Å². The lowest BCUT2D eigenvalue weighted by Crippen LogP contribution is -2.27. The van der Waals surface area contributed by atoms with Crippen molar-refractivity contribution >= 4 is 34.4 Å². The van der Waals surface area contributed by atoms with Crippen LogP contribution in [0.1, 0.15) is 100 Å². The van der Waals surface area contributed by atoms with E-state index in [1.165, 1.54) is 57.3 Å². The Bertz CT molecular complexity index is 1360. The van der Waals surface area contributed by atoms with Crippen LogP contribution in [0.4, 0.5) is 5.69 Å². The molecule has 0 bridgehead atoms. The van der Waals surface area contributed by atoms with Gasteiger partial charge in [-0.3, -0.25) is 14.9 Å². The van der Waals surface area contributed by atoms with Crippen molar-refractivity contribution in [3.05, 3.63) is 69.5 Å². The van der Waals surface area contributed by atoms with Crippen molar-refractivity contribution in [3.8, 4) is 5.75 Å². The molecular formula is C34H46N2O9. The highest BCUT2D eigenvalue weighted by atomic mass is 16.6. The topological polar surface area (TPSA) is 160 Å². The zero-order valence-corrected chi connectivity index (χ0v) is 26.6.